The fourth-order valence-corrected chi connectivity index (χ4v) is 1.79. The molecule has 0 spiro atoms. The van der Waals surface area contributed by atoms with Crippen LogP contribution in [0, 0.1) is 11.3 Å². The highest BCUT2D eigenvalue weighted by molar-refractivity contribution is 5.23. The first kappa shape index (κ1) is 14.2. The molecule has 2 aromatic rings. The zero-order chi connectivity index (χ0) is 14.4. The van der Waals surface area contributed by atoms with E-state index in [-0.39, 0.29) is 12.2 Å². The van der Waals surface area contributed by atoms with Crippen molar-refractivity contribution in [1.29, 1.82) is 5.26 Å². The van der Waals surface area contributed by atoms with Gasteiger partial charge in [0.05, 0.1) is 6.61 Å². The van der Waals surface area contributed by atoms with Crippen LogP contribution in [0.3, 0.4) is 0 Å². The summed E-state index contributed by atoms with van der Waals surface area (Å²) in [4.78, 5) is 0. The molecule has 0 fully saturated rings. The van der Waals surface area contributed by atoms with E-state index in [2.05, 4.69) is 0 Å². The molecule has 2 nitrogen and oxygen atoms in total. The molecular formula is C16H13F2NO. The van der Waals surface area contributed by atoms with Crippen molar-refractivity contribution in [2.24, 2.45) is 0 Å². The maximum atomic E-state index is 14.2. The highest BCUT2D eigenvalue weighted by atomic mass is 19.3. The smallest absolute Gasteiger partial charge is 0.312 e. The lowest BCUT2D eigenvalue weighted by molar-refractivity contribution is -0.123. The zero-order valence-electron chi connectivity index (χ0n) is 10.7. The second-order valence-corrected chi connectivity index (χ2v) is 4.29. The lowest BCUT2D eigenvalue weighted by atomic mass is 10.0. The second kappa shape index (κ2) is 6.27. The molecule has 0 bridgehead atoms. The largest absolute Gasteiger partial charge is 0.352 e. The van der Waals surface area contributed by atoms with Crippen LogP contribution < -0.4 is 0 Å². The summed E-state index contributed by atoms with van der Waals surface area (Å²) >= 11 is 0. The van der Waals surface area contributed by atoms with Crippen LogP contribution in [0.2, 0.25) is 0 Å². The van der Waals surface area contributed by atoms with Gasteiger partial charge in [-0.05, 0) is 5.56 Å². The van der Waals surface area contributed by atoms with Crippen LogP contribution in [0.15, 0.2) is 60.7 Å². The summed E-state index contributed by atoms with van der Waals surface area (Å²) in [5.74, 6) is -3.34. The fourth-order valence-electron chi connectivity index (χ4n) is 1.79. The van der Waals surface area contributed by atoms with E-state index in [0.717, 1.165) is 5.56 Å². The number of nitriles is 1. The number of ether oxygens (including phenoxy) is 1. The Morgan fingerprint density at radius 2 is 1.55 bits per heavy atom. The van der Waals surface area contributed by atoms with Crippen molar-refractivity contribution in [2.45, 2.75) is 18.6 Å². The van der Waals surface area contributed by atoms with Gasteiger partial charge in [0.1, 0.15) is 6.07 Å². The van der Waals surface area contributed by atoms with Gasteiger partial charge in [0, 0.05) is 5.56 Å². The standard InChI is InChI=1S/C16H13F2NO/c17-16(18,14-9-5-2-6-10-14)15(11-19)20-12-13-7-3-1-4-8-13/h1-10,15H,12H2/t15-/m1/s1. The molecule has 0 aliphatic rings. The molecule has 1 atom stereocenters. The predicted molar refractivity (Wildman–Crippen MR) is 71.0 cm³/mol. The van der Waals surface area contributed by atoms with Crippen LogP contribution in [0.5, 0.6) is 0 Å². The Hall–Kier alpha value is -2.25. The van der Waals surface area contributed by atoms with Crippen molar-refractivity contribution >= 4 is 0 Å². The summed E-state index contributed by atoms with van der Waals surface area (Å²) in [6.45, 7) is -0.0263. The lowest BCUT2D eigenvalue weighted by Crippen LogP contribution is -2.32. The van der Waals surface area contributed by atoms with Gasteiger partial charge in [-0.25, -0.2) is 0 Å². The number of halogens is 2. The number of alkyl halides is 2. The van der Waals surface area contributed by atoms with Crippen molar-refractivity contribution in [3.05, 3.63) is 71.8 Å². The van der Waals surface area contributed by atoms with Gasteiger partial charge in [0.2, 0.25) is 6.10 Å². The van der Waals surface area contributed by atoms with Gasteiger partial charge in [-0.2, -0.15) is 14.0 Å². The Morgan fingerprint density at radius 3 is 2.10 bits per heavy atom. The molecule has 0 N–H and O–H groups in total. The van der Waals surface area contributed by atoms with Gasteiger partial charge in [0.15, 0.2) is 0 Å². The summed E-state index contributed by atoms with van der Waals surface area (Å²) in [6, 6.07) is 17.7. The summed E-state index contributed by atoms with van der Waals surface area (Å²) in [5.41, 5.74) is 0.524. The average molecular weight is 273 g/mol. The Labute approximate surface area is 116 Å². The van der Waals surface area contributed by atoms with E-state index in [9.17, 15) is 8.78 Å². The highest BCUT2D eigenvalue weighted by Gasteiger charge is 2.42. The molecule has 0 aromatic heterocycles. The average Bonchev–Trinajstić information content (AvgIpc) is 2.49. The van der Waals surface area contributed by atoms with E-state index in [1.54, 1.807) is 30.3 Å². The third-order valence-corrected chi connectivity index (χ3v) is 2.86. The predicted octanol–water partition coefficient (Wildman–Crippen LogP) is 3.89. The van der Waals surface area contributed by atoms with Crippen molar-refractivity contribution in [1.82, 2.24) is 0 Å². The van der Waals surface area contributed by atoms with Crippen molar-refractivity contribution in [3.8, 4) is 6.07 Å². The number of rotatable bonds is 5. The maximum Gasteiger partial charge on any atom is 0.312 e. The minimum Gasteiger partial charge on any atom is -0.352 e. The SMILES string of the molecule is N#C[C@@H](OCc1ccccc1)C(F)(F)c1ccccc1. The summed E-state index contributed by atoms with van der Waals surface area (Å²) in [5, 5.41) is 8.95. The van der Waals surface area contributed by atoms with E-state index >= 15 is 0 Å². The number of nitrogens with zero attached hydrogens (tertiary/aromatic N) is 1. The van der Waals surface area contributed by atoms with Crippen molar-refractivity contribution in [3.63, 3.8) is 0 Å². The molecule has 102 valence electrons. The first-order chi connectivity index (χ1) is 9.64. The van der Waals surface area contributed by atoms with Gasteiger partial charge < -0.3 is 4.74 Å². The second-order valence-electron chi connectivity index (χ2n) is 4.29. The third kappa shape index (κ3) is 3.19. The van der Waals surface area contributed by atoms with E-state index in [1.165, 1.54) is 30.3 Å². The van der Waals surface area contributed by atoms with Crippen molar-refractivity contribution in [2.75, 3.05) is 0 Å². The van der Waals surface area contributed by atoms with E-state index < -0.39 is 12.0 Å². The Morgan fingerprint density at radius 1 is 1.00 bits per heavy atom. The Kier molecular flexibility index (Phi) is 4.44. The Balaban J connectivity index is 2.10. The minimum absolute atomic E-state index is 0.0263. The van der Waals surface area contributed by atoms with Crippen LogP contribution in [0.1, 0.15) is 11.1 Å². The molecule has 0 amide bonds. The number of hydrogen-bond acceptors (Lipinski definition) is 2. The summed E-state index contributed by atoms with van der Waals surface area (Å²) < 4.78 is 33.4. The van der Waals surface area contributed by atoms with Gasteiger partial charge >= 0.3 is 5.92 Å². The summed E-state index contributed by atoms with van der Waals surface area (Å²) in [7, 11) is 0. The van der Waals surface area contributed by atoms with Crippen LogP contribution in [0.25, 0.3) is 0 Å². The van der Waals surface area contributed by atoms with Crippen molar-refractivity contribution < 1.29 is 13.5 Å². The lowest BCUT2D eigenvalue weighted by Gasteiger charge is -2.22. The molecular weight excluding hydrogens is 260 g/mol. The van der Waals surface area contributed by atoms with Crippen LogP contribution >= 0.6 is 0 Å². The molecule has 0 unspecified atom stereocenters. The molecule has 0 heterocycles. The van der Waals surface area contributed by atoms with Crippen LogP contribution in [0.4, 0.5) is 8.78 Å². The molecule has 0 saturated heterocycles. The van der Waals surface area contributed by atoms with Crippen LogP contribution in [-0.4, -0.2) is 6.10 Å². The summed E-state index contributed by atoms with van der Waals surface area (Å²) in [6.07, 6.45) is -1.81. The monoisotopic (exact) mass is 273 g/mol. The van der Waals surface area contributed by atoms with E-state index in [4.69, 9.17) is 10.00 Å². The van der Waals surface area contributed by atoms with Gasteiger partial charge in [-0.3, -0.25) is 0 Å². The molecule has 4 heteroatoms. The molecule has 0 aliphatic heterocycles. The molecule has 0 saturated carbocycles. The molecule has 0 aliphatic carbocycles. The quantitative estimate of drug-likeness (QED) is 0.828. The van der Waals surface area contributed by atoms with Gasteiger partial charge in [-0.15, -0.1) is 0 Å². The molecule has 2 aromatic carbocycles. The van der Waals surface area contributed by atoms with Gasteiger partial charge in [0.25, 0.3) is 0 Å². The van der Waals surface area contributed by atoms with Crippen LogP contribution in [-0.2, 0) is 17.3 Å². The Bertz CT molecular complexity index is 578. The van der Waals surface area contributed by atoms with Gasteiger partial charge in [-0.1, -0.05) is 60.7 Å². The minimum atomic E-state index is -3.34. The van der Waals surface area contributed by atoms with E-state index in [0.29, 0.717) is 0 Å². The normalized spacial score (nSPS) is 12.7. The molecule has 2 rings (SSSR count). The fraction of sp³-hybridized carbons (Fsp3) is 0.188. The maximum absolute atomic E-state index is 14.2. The topological polar surface area (TPSA) is 33.0 Å². The molecule has 20 heavy (non-hydrogen) atoms. The van der Waals surface area contributed by atoms with E-state index in [1.807, 2.05) is 6.07 Å². The first-order valence-corrected chi connectivity index (χ1v) is 6.13. The third-order valence-electron chi connectivity index (χ3n) is 2.86. The zero-order valence-corrected chi connectivity index (χ0v) is 10.7. The molecule has 0 radical (unpaired) electrons. The number of benzene rings is 2. The highest BCUT2D eigenvalue weighted by Crippen LogP contribution is 2.33. The number of hydrogen-bond donors (Lipinski definition) is 0. The first-order valence-electron chi connectivity index (χ1n) is 6.13.